The highest BCUT2D eigenvalue weighted by molar-refractivity contribution is 6.30. The zero-order valence-corrected chi connectivity index (χ0v) is 20.6. The fraction of sp³-hybridized carbons (Fsp3) is 0.357. The van der Waals surface area contributed by atoms with E-state index in [2.05, 4.69) is 36.2 Å². The number of aromatic nitrogens is 1. The van der Waals surface area contributed by atoms with Gasteiger partial charge in [0.1, 0.15) is 11.4 Å². The SMILES string of the molecule is C=C/C=C(\C=C)C1CC(O)C2(O)c3ncc(Cl)cc3OC12c1ccc(C#N)cc1.CN1CCCC1. The first-order valence-corrected chi connectivity index (χ1v) is 12.1. The average Bonchev–Trinajstić information content (AvgIpc) is 3.50. The molecule has 182 valence electrons. The molecule has 3 aliphatic rings. The molecule has 1 saturated carbocycles. The molecule has 1 aromatic heterocycles. The predicted octanol–water partition coefficient (Wildman–Crippen LogP) is 4.47. The Balaban J connectivity index is 0.000000421. The van der Waals surface area contributed by atoms with E-state index in [9.17, 15) is 10.2 Å². The highest BCUT2D eigenvalue weighted by Crippen LogP contribution is 2.65. The number of halogens is 1. The maximum Gasteiger partial charge on any atom is 0.180 e. The van der Waals surface area contributed by atoms with Crippen LogP contribution in [0.25, 0.3) is 0 Å². The van der Waals surface area contributed by atoms with Crippen LogP contribution in [0.3, 0.4) is 0 Å². The van der Waals surface area contributed by atoms with Crippen LogP contribution < -0.4 is 4.74 Å². The molecule has 3 heterocycles. The number of hydrogen-bond donors (Lipinski definition) is 2. The number of ether oxygens (including phenoxy) is 1. The molecule has 0 spiro atoms. The lowest BCUT2D eigenvalue weighted by Crippen LogP contribution is -2.53. The molecule has 2 fully saturated rings. The number of aliphatic hydroxyl groups excluding tert-OH is 1. The third kappa shape index (κ3) is 4.09. The van der Waals surface area contributed by atoms with Crippen molar-refractivity contribution in [1.29, 1.82) is 5.26 Å². The highest BCUT2D eigenvalue weighted by Gasteiger charge is 2.73. The fourth-order valence-electron chi connectivity index (χ4n) is 5.49. The number of rotatable bonds is 4. The standard InChI is InChI=1S/C23H19ClN2O3.C5H11N/c1-3-5-15(4-2)18-11-20(27)22(28)21-19(10-17(24)13-26-21)29-23(18,22)16-8-6-14(12-25)7-9-16;1-6-4-2-3-5-6/h3-10,13,18,20,27-28H,1-2,11H2;2-5H2,1H3/b15-5+;. The predicted molar refractivity (Wildman–Crippen MR) is 136 cm³/mol. The van der Waals surface area contributed by atoms with Crippen molar-refractivity contribution in [1.82, 2.24) is 9.88 Å². The number of fused-ring (bicyclic) bond motifs is 3. The second-order valence-electron chi connectivity index (χ2n) is 9.21. The Kier molecular flexibility index (Phi) is 7.16. The number of allylic oxidation sites excluding steroid dienone is 3. The molecule has 0 bridgehead atoms. The van der Waals surface area contributed by atoms with Crippen LogP contribution in [0.15, 0.2) is 73.5 Å². The number of nitrogens with zero attached hydrogens (tertiary/aromatic N) is 3. The molecule has 0 radical (unpaired) electrons. The van der Waals surface area contributed by atoms with Crippen molar-refractivity contribution >= 4 is 11.6 Å². The number of aliphatic hydroxyl groups is 2. The minimum Gasteiger partial charge on any atom is -0.476 e. The summed E-state index contributed by atoms with van der Waals surface area (Å²) in [5.74, 6) is -0.131. The summed E-state index contributed by atoms with van der Waals surface area (Å²) in [5, 5.41) is 32.5. The maximum atomic E-state index is 11.9. The molecule has 1 aliphatic carbocycles. The smallest absolute Gasteiger partial charge is 0.180 e. The molecule has 2 aliphatic heterocycles. The van der Waals surface area contributed by atoms with Gasteiger partial charge in [-0.1, -0.05) is 55.1 Å². The first-order chi connectivity index (χ1) is 16.8. The summed E-state index contributed by atoms with van der Waals surface area (Å²) >= 11 is 6.11. The number of pyridine rings is 1. The van der Waals surface area contributed by atoms with E-state index < -0.39 is 23.2 Å². The van der Waals surface area contributed by atoms with Gasteiger partial charge in [0.2, 0.25) is 0 Å². The van der Waals surface area contributed by atoms with Crippen molar-refractivity contribution in [2.45, 2.75) is 36.6 Å². The van der Waals surface area contributed by atoms with Gasteiger partial charge in [0, 0.05) is 18.2 Å². The molecule has 35 heavy (non-hydrogen) atoms. The normalized spacial score (nSPS) is 29.3. The molecule has 2 N–H and O–H groups in total. The van der Waals surface area contributed by atoms with Crippen LogP contribution in [0.1, 0.15) is 36.1 Å². The van der Waals surface area contributed by atoms with E-state index in [1.807, 2.05) is 0 Å². The van der Waals surface area contributed by atoms with E-state index in [0.29, 0.717) is 21.9 Å². The van der Waals surface area contributed by atoms with Crippen molar-refractivity contribution in [3.05, 3.63) is 95.3 Å². The summed E-state index contributed by atoms with van der Waals surface area (Å²) in [7, 11) is 2.17. The summed E-state index contributed by atoms with van der Waals surface area (Å²) < 4.78 is 6.41. The number of hydrogen-bond acceptors (Lipinski definition) is 6. The largest absolute Gasteiger partial charge is 0.476 e. The molecule has 5 rings (SSSR count). The third-order valence-corrected chi connectivity index (χ3v) is 7.38. The van der Waals surface area contributed by atoms with E-state index in [1.54, 1.807) is 48.6 Å². The minimum absolute atomic E-state index is 0.228. The zero-order valence-electron chi connectivity index (χ0n) is 19.8. The summed E-state index contributed by atoms with van der Waals surface area (Å²) in [4.78, 5) is 6.67. The quantitative estimate of drug-likeness (QED) is 0.613. The van der Waals surface area contributed by atoms with Crippen LogP contribution >= 0.6 is 11.6 Å². The van der Waals surface area contributed by atoms with Gasteiger partial charge >= 0.3 is 0 Å². The second kappa shape index (κ2) is 9.96. The number of likely N-dealkylation sites (tertiary alicyclic amines) is 1. The Bertz CT molecular complexity index is 1180. The van der Waals surface area contributed by atoms with Crippen LogP contribution in [0.2, 0.25) is 5.02 Å². The Morgan fingerprint density at radius 3 is 2.51 bits per heavy atom. The fourth-order valence-corrected chi connectivity index (χ4v) is 5.64. The van der Waals surface area contributed by atoms with Crippen LogP contribution in [0.4, 0.5) is 0 Å². The van der Waals surface area contributed by atoms with E-state index in [0.717, 1.165) is 5.57 Å². The molecule has 7 heteroatoms. The monoisotopic (exact) mass is 491 g/mol. The Morgan fingerprint density at radius 2 is 1.97 bits per heavy atom. The van der Waals surface area contributed by atoms with E-state index in [1.165, 1.54) is 32.1 Å². The second-order valence-corrected chi connectivity index (χ2v) is 9.65. The zero-order chi connectivity index (χ0) is 25.2. The van der Waals surface area contributed by atoms with Crippen LogP contribution in [-0.4, -0.2) is 46.3 Å². The van der Waals surface area contributed by atoms with Gasteiger partial charge in [-0.05, 0) is 62.7 Å². The molecule has 6 nitrogen and oxygen atoms in total. The first kappa shape index (κ1) is 25.2. The summed E-state index contributed by atoms with van der Waals surface area (Å²) in [6.45, 7) is 10.3. The van der Waals surface area contributed by atoms with Gasteiger partial charge in [-0.3, -0.25) is 4.98 Å². The van der Waals surface area contributed by atoms with Crippen molar-refractivity contribution < 1.29 is 14.9 Å². The van der Waals surface area contributed by atoms with Gasteiger partial charge in [-0.2, -0.15) is 5.26 Å². The average molecular weight is 492 g/mol. The first-order valence-electron chi connectivity index (χ1n) is 11.7. The summed E-state index contributed by atoms with van der Waals surface area (Å²) in [5.41, 5.74) is -1.09. The number of nitriles is 1. The Hall–Kier alpha value is -2.95. The lowest BCUT2D eigenvalue weighted by Gasteiger charge is -2.40. The van der Waals surface area contributed by atoms with E-state index in [4.69, 9.17) is 21.6 Å². The van der Waals surface area contributed by atoms with E-state index >= 15 is 0 Å². The summed E-state index contributed by atoms with van der Waals surface area (Å²) in [6, 6.07) is 10.4. The van der Waals surface area contributed by atoms with Crippen molar-refractivity contribution in [2.24, 2.45) is 5.92 Å². The van der Waals surface area contributed by atoms with Crippen LogP contribution in [0, 0.1) is 17.2 Å². The van der Waals surface area contributed by atoms with E-state index in [-0.39, 0.29) is 12.1 Å². The third-order valence-electron chi connectivity index (χ3n) is 7.17. The summed E-state index contributed by atoms with van der Waals surface area (Å²) in [6.07, 6.45) is 8.41. The lowest BCUT2D eigenvalue weighted by molar-refractivity contribution is -0.154. The molecule has 4 atom stereocenters. The maximum absolute atomic E-state index is 11.9. The highest BCUT2D eigenvalue weighted by atomic mass is 35.5. The van der Waals surface area contributed by atoms with Gasteiger partial charge in [-0.15, -0.1) is 0 Å². The topological polar surface area (TPSA) is 89.6 Å². The molecular weight excluding hydrogens is 462 g/mol. The minimum atomic E-state index is -1.81. The van der Waals surface area contributed by atoms with Gasteiger partial charge in [-0.25, -0.2) is 0 Å². The Labute approximate surface area is 211 Å². The molecule has 4 unspecified atom stereocenters. The van der Waals surface area contributed by atoms with Crippen LogP contribution in [-0.2, 0) is 11.2 Å². The molecule has 1 saturated heterocycles. The lowest BCUT2D eigenvalue weighted by atomic mass is 9.72. The van der Waals surface area contributed by atoms with Crippen LogP contribution in [0.5, 0.6) is 5.75 Å². The molecular formula is C28H30ClN3O3. The van der Waals surface area contributed by atoms with Crippen molar-refractivity contribution in [3.63, 3.8) is 0 Å². The Morgan fingerprint density at radius 1 is 1.29 bits per heavy atom. The van der Waals surface area contributed by atoms with Gasteiger partial charge < -0.3 is 19.8 Å². The van der Waals surface area contributed by atoms with Gasteiger partial charge in [0.25, 0.3) is 0 Å². The van der Waals surface area contributed by atoms with Crippen molar-refractivity contribution in [2.75, 3.05) is 20.1 Å². The number of benzene rings is 1. The molecule has 2 aromatic rings. The van der Waals surface area contributed by atoms with Gasteiger partial charge in [0.15, 0.2) is 11.2 Å². The molecule has 1 aromatic carbocycles. The van der Waals surface area contributed by atoms with Crippen molar-refractivity contribution in [3.8, 4) is 11.8 Å². The molecule has 0 amide bonds. The van der Waals surface area contributed by atoms with Gasteiger partial charge in [0.05, 0.1) is 22.8 Å².